The molecule has 1 aromatic carbocycles. The van der Waals surface area contributed by atoms with Gasteiger partial charge in [-0.2, -0.15) is 5.10 Å². The summed E-state index contributed by atoms with van der Waals surface area (Å²) < 4.78 is 33.4. The van der Waals surface area contributed by atoms with E-state index in [2.05, 4.69) is 10.4 Å². The first-order valence-corrected chi connectivity index (χ1v) is 13.4. The van der Waals surface area contributed by atoms with E-state index < -0.39 is 10.0 Å². The monoisotopic (exact) mass is 499 g/mol. The predicted molar refractivity (Wildman–Crippen MR) is 134 cm³/mol. The number of benzene rings is 1. The van der Waals surface area contributed by atoms with Gasteiger partial charge in [-0.1, -0.05) is 23.7 Å². The van der Waals surface area contributed by atoms with Gasteiger partial charge in [0.1, 0.15) is 6.10 Å². The maximum Gasteiger partial charge on any atom is 0.223 e. The van der Waals surface area contributed by atoms with Crippen molar-refractivity contribution >= 4 is 43.6 Å². The largest absolute Gasteiger partial charge is 0.474 e. The summed E-state index contributed by atoms with van der Waals surface area (Å²) in [6, 6.07) is 13.5. The van der Waals surface area contributed by atoms with Crippen molar-refractivity contribution in [2.45, 2.75) is 31.9 Å². The molecule has 34 heavy (non-hydrogen) atoms. The quantitative estimate of drug-likeness (QED) is 0.420. The summed E-state index contributed by atoms with van der Waals surface area (Å²) in [6.45, 7) is 2.91. The van der Waals surface area contributed by atoms with Crippen LogP contribution >= 0.6 is 11.6 Å². The summed E-state index contributed by atoms with van der Waals surface area (Å²) in [4.78, 5) is 4.86. The van der Waals surface area contributed by atoms with Gasteiger partial charge in [-0.25, -0.2) is 22.2 Å². The zero-order valence-corrected chi connectivity index (χ0v) is 20.6. The lowest BCUT2D eigenvalue weighted by Crippen LogP contribution is -2.41. The maximum absolute atomic E-state index is 11.8. The third kappa shape index (κ3) is 4.55. The Labute approximate surface area is 203 Å². The molecule has 0 amide bonds. The summed E-state index contributed by atoms with van der Waals surface area (Å²) in [6.07, 6.45) is 5.97. The fourth-order valence-corrected chi connectivity index (χ4v) is 5.52. The number of sulfonamides is 1. The highest BCUT2D eigenvalue weighted by molar-refractivity contribution is 7.88. The predicted octanol–water partition coefficient (Wildman–Crippen LogP) is 4.51. The molecule has 178 valence electrons. The van der Waals surface area contributed by atoms with Crippen molar-refractivity contribution in [3.05, 3.63) is 65.6 Å². The normalized spacial score (nSPS) is 16.7. The van der Waals surface area contributed by atoms with Crippen LogP contribution in [0, 0.1) is 0 Å². The van der Waals surface area contributed by atoms with E-state index in [1.54, 1.807) is 6.20 Å². The Morgan fingerprint density at radius 2 is 1.97 bits per heavy atom. The number of nitrogens with one attached hydrogen (secondary N) is 1. The Morgan fingerprint density at radius 1 is 1.18 bits per heavy atom. The molecule has 0 unspecified atom stereocenters. The second-order valence-electron chi connectivity index (χ2n) is 8.62. The van der Waals surface area contributed by atoms with Crippen molar-refractivity contribution in [2.75, 3.05) is 24.7 Å². The molecule has 0 spiro atoms. The Kier molecular flexibility index (Phi) is 6.09. The Balaban J connectivity index is 1.44. The van der Waals surface area contributed by atoms with Gasteiger partial charge >= 0.3 is 0 Å². The number of piperidine rings is 1. The lowest BCUT2D eigenvalue weighted by atomic mass is 10.1. The van der Waals surface area contributed by atoms with Crippen molar-refractivity contribution in [1.29, 1.82) is 0 Å². The number of hydrogen-bond donors (Lipinski definition) is 1. The number of ether oxygens (including phenoxy) is 1. The zero-order chi connectivity index (χ0) is 23.9. The average Bonchev–Trinajstić information content (AvgIpc) is 3.29. The number of nitrogens with zero attached hydrogens (tertiary/aromatic N) is 4. The van der Waals surface area contributed by atoms with Crippen LogP contribution in [0.3, 0.4) is 0 Å². The molecule has 0 bridgehead atoms. The Bertz CT molecular complexity index is 1450. The molecule has 10 heteroatoms. The topological polar surface area (TPSA) is 88.8 Å². The van der Waals surface area contributed by atoms with Crippen LogP contribution in [0.25, 0.3) is 16.3 Å². The van der Waals surface area contributed by atoms with E-state index in [0.29, 0.717) is 36.8 Å². The van der Waals surface area contributed by atoms with Crippen LogP contribution in [-0.2, 0) is 10.0 Å². The molecule has 1 atom stereocenters. The molecular weight excluding hydrogens is 474 g/mol. The number of halogens is 1. The third-order valence-electron chi connectivity index (χ3n) is 6.19. The van der Waals surface area contributed by atoms with Gasteiger partial charge in [0.25, 0.3) is 0 Å². The van der Waals surface area contributed by atoms with Gasteiger partial charge < -0.3 is 10.1 Å². The highest BCUT2D eigenvalue weighted by Gasteiger charge is 2.27. The van der Waals surface area contributed by atoms with Crippen LogP contribution in [0.15, 0.2) is 54.9 Å². The SMILES string of the molecule is C[C@H](Nc1ccnn2cccc12)c1cc2cccc(Cl)c2c(OC2CCN(S(C)(=O)=O)CC2)n1. The van der Waals surface area contributed by atoms with E-state index in [0.717, 1.165) is 27.7 Å². The van der Waals surface area contributed by atoms with Crippen LogP contribution in [0.5, 0.6) is 5.88 Å². The lowest BCUT2D eigenvalue weighted by Gasteiger charge is -2.30. The Hall–Kier alpha value is -2.88. The minimum Gasteiger partial charge on any atom is -0.474 e. The molecule has 0 saturated carbocycles. The summed E-state index contributed by atoms with van der Waals surface area (Å²) >= 11 is 6.54. The van der Waals surface area contributed by atoms with Gasteiger partial charge in [0.15, 0.2) is 0 Å². The first-order valence-electron chi connectivity index (χ1n) is 11.2. The van der Waals surface area contributed by atoms with E-state index in [1.807, 2.05) is 60.1 Å². The van der Waals surface area contributed by atoms with Crippen LogP contribution in [0.4, 0.5) is 5.69 Å². The summed E-state index contributed by atoms with van der Waals surface area (Å²) in [5.41, 5.74) is 2.75. The lowest BCUT2D eigenvalue weighted by molar-refractivity contribution is 0.132. The highest BCUT2D eigenvalue weighted by Crippen LogP contribution is 2.35. The molecule has 0 radical (unpaired) electrons. The van der Waals surface area contributed by atoms with Gasteiger partial charge in [0.2, 0.25) is 15.9 Å². The van der Waals surface area contributed by atoms with Gasteiger partial charge in [-0.15, -0.1) is 0 Å². The second kappa shape index (κ2) is 9.05. The van der Waals surface area contributed by atoms with E-state index in [1.165, 1.54) is 10.6 Å². The molecule has 5 rings (SSSR count). The molecule has 1 fully saturated rings. The van der Waals surface area contributed by atoms with Crippen molar-refractivity contribution in [2.24, 2.45) is 0 Å². The zero-order valence-electron chi connectivity index (χ0n) is 19.0. The smallest absolute Gasteiger partial charge is 0.223 e. The number of pyridine rings is 1. The fraction of sp³-hybridized carbons (Fsp3) is 0.333. The molecule has 0 aliphatic carbocycles. The highest BCUT2D eigenvalue weighted by atomic mass is 35.5. The third-order valence-corrected chi connectivity index (χ3v) is 7.81. The van der Waals surface area contributed by atoms with Crippen molar-refractivity contribution < 1.29 is 13.2 Å². The van der Waals surface area contributed by atoms with Crippen LogP contribution in [0.1, 0.15) is 31.5 Å². The van der Waals surface area contributed by atoms with E-state index >= 15 is 0 Å². The van der Waals surface area contributed by atoms with Crippen molar-refractivity contribution in [3.8, 4) is 5.88 Å². The second-order valence-corrected chi connectivity index (χ2v) is 11.0. The van der Waals surface area contributed by atoms with Crippen LogP contribution < -0.4 is 10.1 Å². The van der Waals surface area contributed by atoms with Crippen molar-refractivity contribution in [3.63, 3.8) is 0 Å². The molecule has 1 saturated heterocycles. The number of anilines is 1. The molecule has 1 aliphatic rings. The molecule has 4 aromatic rings. The van der Waals surface area contributed by atoms with E-state index in [4.69, 9.17) is 21.3 Å². The van der Waals surface area contributed by atoms with Crippen molar-refractivity contribution in [1.82, 2.24) is 18.9 Å². The van der Waals surface area contributed by atoms with Gasteiger partial charge in [-0.05, 0) is 55.5 Å². The summed E-state index contributed by atoms with van der Waals surface area (Å²) in [7, 11) is -3.20. The first-order chi connectivity index (χ1) is 16.3. The minimum absolute atomic E-state index is 0.112. The number of hydrogen-bond acceptors (Lipinski definition) is 6. The fourth-order valence-electron chi connectivity index (χ4n) is 4.38. The van der Waals surface area contributed by atoms with Gasteiger partial charge in [0.05, 0.1) is 39.6 Å². The first kappa shape index (κ1) is 22.9. The van der Waals surface area contributed by atoms with Gasteiger partial charge in [0, 0.05) is 25.5 Å². The number of aromatic nitrogens is 3. The van der Waals surface area contributed by atoms with Crippen LogP contribution in [-0.4, -0.2) is 52.8 Å². The van der Waals surface area contributed by atoms with E-state index in [9.17, 15) is 8.42 Å². The van der Waals surface area contributed by atoms with Crippen LogP contribution in [0.2, 0.25) is 5.02 Å². The standard InChI is InChI=1S/C24H26ClN5O3S/c1-16(27-20-8-11-26-30-12-4-7-22(20)30)21-15-17-5-3-6-19(25)23(17)24(28-21)33-18-9-13-29(14-10-18)34(2,31)32/h3-8,11-12,15-16,18,27H,9-10,13-14H2,1-2H3/t16-/m0/s1. The van der Waals surface area contributed by atoms with E-state index in [-0.39, 0.29) is 12.1 Å². The molecule has 1 N–H and O–H groups in total. The molecule has 1 aliphatic heterocycles. The maximum atomic E-state index is 11.8. The molecule has 4 heterocycles. The average molecular weight is 500 g/mol. The minimum atomic E-state index is -3.20. The molecule has 3 aromatic heterocycles. The number of fused-ring (bicyclic) bond motifs is 2. The molecule has 8 nitrogen and oxygen atoms in total. The summed E-state index contributed by atoms with van der Waals surface area (Å²) in [5.74, 6) is 0.479. The summed E-state index contributed by atoms with van der Waals surface area (Å²) in [5, 5.41) is 10.1. The number of rotatable bonds is 6. The molecular formula is C24H26ClN5O3S. The Morgan fingerprint density at radius 3 is 2.74 bits per heavy atom. The van der Waals surface area contributed by atoms with Gasteiger partial charge in [-0.3, -0.25) is 0 Å².